The number of nitrogens with one attached hydrogen (secondary N) is 1. The van der Waals surface area contributed by atoms with Gasteiger partial charge in [-0.15, -0.1) is 0 Å². The molecule has 0 saturated heterocycles. The zero-order valence-electron chi connectivity index (χ0n) is 11.1. The molecule has 0 aromatic heterocycles. The van der Waals surface area contributed by atoms with Crippen LogP contribution in [0.25, 0.3) is 0 Å². The van der Waals surface area contributed by atoms with Crippen molar-refractivity contribution in [2.75, 3.05) is 7.05 Å². The summed E-state index contributed by atoms with van der Waals surface area (Å²) in [5.74, 6) is -0.379. The molecule has 2 aromatic rings. The highest BCUT2D eigenvalue weighted by Crippen LogP contribution is 2.23. The van der Waals surface area contributed by atoms with E-state index in [1.54, 1.807) is 12.1 Å². The van der Waals surface area contributed by atoms with Crippen molar-refractivity contribution in [3.8, 4) is 0 Å². The summed E-state index contributed by atoms with van der Waals surface area (Å²) < 4.78 is 13.2. The van der Waals surface area contributed by atoms with E-state index in [-0.39, 0.29) is 16.9 Å². The molecule has 100 valence electrons. The summed E-state index contributed by atoms with van der Waals surface area (Å²) in [5, 5.41) is 3.42. The molecule has 1 unspecified atom stereocenters. The van der Waals surface area contributed by atoms with E-state index in [9.17, 15) is 4.39 Å². The van der Waals surface area contributed by atoms with Gasteiger partial charge in [0.25, 0.3) is 0 Å². The van der Waals surface area contributed by atoms with Gasteiger partial charge in [0.05, 0.1) is 5.02 Å². The summed E-state index contributed by atoms with van der Waals surface area (Å²) in [6, 6.07) is 13.4. The molecule has 0 aliphatic heterocycles. The monoisotopic (exact) mass is 277 g/mol. The van der Waals surface area contributed by atoms with Gasteiger partial charge in [0.1, 0.15) is 5.82 Å². The third-order valence-electron chi connectivity index (χ3n) is 3.25. The van der Waals surface area contributed by atoms with Crippen LogP contribution in [0.4, 0.5) is 4.39 Å². The summed E-state index contributed by atoms with van der Waals surface area (Å²) in [4.78, 5) is 0. The minimum absolute atomic E-state index is 0.126. The Hall–Kier alpha value is -1.38. The Balaban J connectivity index is 2.19. The maximum absolute atomic E-state index is 13.2. The topological polar surface area (TPSA) is 12.0 Å². The van der Waals surface area contributed by atoms with Crippen molar-refractivity contribution in [1.29, 1.82) is 0 Å². The van der Waals surface area contributed by atoms with Gasteiger partial charge in [-0.05, 0) is 43.7 Å². The normalized spacial score (nSPS) is 12.4. The van der Waals surface area contributed by atoms with Gasteiger partial charge in [-0.2, -0.15) is 0 Å². The van der Waals surface area contributed by atoms with Gasteiger partial charge in [-0.1, -0.05) is 47.5 Å². The molecule has 0 fully saturated rings. The minimum atomic E-state index is -0.379. The number of benzene rings is 2. The highest BCUT2D eigenvalue weighted by atomic mass is 35.5. The number of likely N-dealkylation sites (N-methyl/N-ethyl adjacent to an activating group) is 1. The predicted molar refractivity (Wildman–Crippen MR) is 78.1 cm³/mol. The second-order valence-corrected chi connectivity index (χ2v) is 5.11. The van der Waals surface area contributed by atoms with Gasteiger partial charge in [0, 0.05) is 6.04 Å². The zero-order chi connectivity index (χ0) is 13.8. The van der Waals surface area contributed by atoms with Crippen molar-refractivity contribution in [2.45, 2.75) is 19.4 Å². The molecule has 0 aliphatic carbocycles. The van der Waals surface area contributed by atoms with Crippen molar-refractivity contribution < 1.29 is 4.39 Å². The molecule has 0 spiro atoms. The molecule has 0 amide bonds. The highest BCUT2D eigenvalue weighted by Gasteiger charge is 2.12. The van der Waals surface area contributed by atoms with E-state index in [4.69, 9.17) is 11.6 Å². The van der Waals surface area contributed by atoms with E-state index in [0.717, 1.165) is 12.0 Å². The molecule has 0 heterocycles. The summed E-state index contributed by atoms with van der Waals surface area (Å²) in [7, 11) is 1.90. The first-order valence-corrected chi connectivity index (χ1v) is 6.65. The van der Waals surface area contributed by atoms with Gasteiger partial charge in [-0.3, -0.25) is 0 Å². The highest BCUT2D eigenvalue weighted by molar-refractivity contribution is 6.30. The molecule has 0 radical (unpaired) electrons. The van der Waals surface area contributed by atoms with Crippen LogP contribution in [-0.4, -0.2) is 7.05 Å². The third kappa shape index (κ3) is 3.55. The molecule has 1 N–H and O–H groups in total. The lowest BCUT2D eigenvalue weighted by molar-refractivity contribution is 0.586. The Morgan fingerprint density at radius 3 is 2.42 bits per heavy atom. The molecule has 3 heteroatoms. The molecular weight excluding hydrogens is 261 g/mol. The zero-order valence-corrected chi connectivity index (χ0v) is 11.8. The Morgan fingerprint density at radius 1 is 1.16 bits per heavy atom. The summed E-state index contributed by atoms with van der Waals surface area (Å²) in [6.07, 6.45) is 0.846. The van der Waals surface area contributed by atoms with Crippen LogP contribution in [0.15, 0.2) is 42.5 Å². The Morgan fingerprint density at radius 2 is 1.84 bits per heavy atom. The molecule has 1 nitrogen and oxygen atoms in total. The lowest BCUT2D eigenvalue weighted by Gasteiger charge is -2.17. The summed E-state index contributed by atoms with van der Waals surface area (Å²) in [5.41, 5.74) is 3.48. The lowest BCUT2D eigenvalue weighted by atomic mass is 9.98. The Labute approximate surface area is 118 Å². The summed E-state index contributed by atoms with van der Waals surface area (Å²) >= 11 is 5.84. The van der Waals surface area contributed by atoms with Crippen LogP contribution < -0.4 is 5.32 Å². The van der Waals surface area contributed by atoms with Gasteiger partial charge >= 0.3 is 0 Å². The van der Waals surface area contributed by atoms with E-state index in [0.29, 0.717) is 0 Å². The number of hydrogen-bond donors (Lipinski definition) is 1. The van der Waals surface area contributed by atoms with Crippen LogP contribution in [-0.2, 0) is 6.42 Å². The number of hydrogen-bond acceptors (Lipinski definition) is 1. The molecule has 1 atom stereocenters. The standard InChI is InChI=1S/C16H17ClFN/c1-11-3-5-12(6-4-11)9-16(19-2)13-7-8-15(18)14(17)10-13/h3-8,10,16,19H,9H2,1-2H3. The van der Waals surface area contributed by atoms with Crippen molar-refractivity contribution in [2.24, 2.45) is 0 Å². The molecule has 0 aliphatic rings. The SMILES string of the molecule is CNC(Cc1ccc(C)cc1)c1ccc(F)c(Cl)c1. The van der Waals surface area contributed by atoms with Crippen molar-refractivity contribution in [1.82, 2.24) is 5.32 Å². The Bertz CT molecular complexity index is 551. The third-order valence-corrected chi connectivity index (χ3v) is 3.54. The van der Waals surface area contributed by atoms with Gasteiger partial charge in [-0.25, -0.2) is 4.39 Å². The van der Waals surface area contributed by atoms with Crippen molar-refractivity contribution >= 4 is 11.6 Å². The molecule has 0 saturated carbocycles. The number of aryl methyl sites for hydroxylation is 1. The quantitative estimate of drug-likeness (QED) is 0.879. The van der Waals surface area contributed by atoms with Crippen LogP contribution in [0.3, 0.4) is 0 Å². The second kappa shape index (κ2) is 6.18. The van der Waals surface area contributed by atoms with E-state index in [2.05, 4.69) is 36.5 Å². The first-order chi connectivity index (χ1) is 9.10. The van der Waals surface area contributed by atoms with Crippen LogP contribution >= 0.6 is 11.6 Å². The average molecular weight is 278 g/mol. The second-order valence-electron chi connectivity index (χ2n) is 4.70. The number of rotatable bonds is 4. The molecule has 2 aromatic carbocycles. The molecule has 2 rings (SSSR count). The fraction of sp³-hybridized carbons (Fsp3) is 0.250. The van der Waals surface area contributed by atoms with E-state index in [1.165, 1.54) is 17.2 Å². The smallest absolute Gasteiger partial charge is 0.141 e. The van der Waals surface area contributed by atoms with E-state index >= 15 is 0 Å². The fourth-order valence-corrected chi connectivity index (χ4v) is 2.26. The first-order valence-electron chi connectivity index (χ1n) is 6.28. The minimum Gasteiger partial charge on any atom is -0.313 e. The van der Waals surface area contributed by atoms with Crippen LogP contribution in [0, 0.1) is 12.7 Å². The number of halogens is 2. The predicted octanol–water partition coefficient (Wildman–Crippen LogP) is 4.29. The summed E-state index contributed by atoms with van der Waals surface area (Å²) in [6.45, 7) is 2.07. The maximum atomic E-state index is 13.2. The van der Waals surface area contributed by atoms with Crippen LogP contribution in [0.2, 0.25) is 5.02 Å². The van der Waals surface area contributed by atoms with Crippen LogP contribution in [0.5, 0.6) is 0 Å². The molecular formula is C16H17ClFN. The van der Waals surface area contributed by atoms with Crippen molar-refractivity contribution in [3.05, 3.63) is 70.0 Å². The largest absolute Gasteiger partial charge is 0.313 e. The van der Waals surface area contributed by atoms with Crippen LogP contribution in [0.1, 0.15) is 22.7 Å². The molecule has 19 heavy (non-hydrogen) atoms. The van der Waals surface area contributed by atoms with Gasteiger partial charge < -0.3 is 5.32 Å². The molecule has 0 bridgehead atoms. The van der Waals surface area contributed by atoms with Gasteiger partial charge in [0.2, 0.25) is 0 Å². The van der Waals surface area contributed by atoms with Crippen molar-refractivity contribution in [3.63, 3.8) is 0 Å². The van der Waals surface area contributed by atoms with E-state index < -0.39 is 0 Å². The average Bonchev–Trinajstić information content (AvgIpc) is 2.41. The Kier molecular flexibility index (Phi) is 4.56. The first kappa shape index (κ1) is 14.0. The lowest BCUT2D eigenvalue weighted by Crippen LogP contribution is -2.18. The maximum Gasteiger partial charge on any atom is 0.141 e. The van der Waals surface area contributed by atoms with E-state index in [1.807, 2.05) is 7.05 Å². The van der Waals surface area contributed by atoms with Gasteiger partial charge in [0.15, 0.2) is 0 Å². The fourth-order valence-electron chi connectivity index (χ4n) is 2.08.